The average molecular weight is 285 g/mol. The summed E-state index contributed by atoms with van der Waals surface area (Å²) >= 11 is 0. The lowest BCUT2D eigenvalue weighted by molar-refractivity contribution is -0.00719. The van der Waals surface area contributed by atoms with Crippen molar-refractivity contribution in [1.29, 1.82) is 0 Å². The quantitative estimate of drug-likeness (QED) is 0.840. The van der Waals surface area contributed by atoms with Gasteiger partial charge in [0.15, 0.2) is 0 Å². The minimum atomic E-state index is -0.0631. The third-order valence-electron chi connectivity index (χ3n) is 4.51. The molecular formula is C15H19N5O. The smallest absolute Gasteiger partial charge is 0.225 e. The van der Waals surface area contributed by atoms with Crippen molar-refractivity contribution in [3.05, 3.63) is 37.2 Å². The van der Waals surface area contributed by atoms with E-state index in [1.54, 1.807) is 12.4 Å². The first kappa shape index (κ1) is 12.8. The van der Waals surface area contributed by atoms with E-state index in [1.165, 1.54) is 0 Å². The Morgan fingerprint density at radius 2 is 2.14 bits per heavy atom. The topological polar surface area (TPSA) is 56.1 Å². The third kappa shape index (κ3) is 2.40. The normalized spacial score (nSPS) is 29.1. The van der Waals surface area contributed by atoms with Crippen LogP contribution < -0.4 is 4.90 Å². The summed E-state index contributed by atoms with van der Waals surface area (Å²) in [5.74, 6) is 0.811. The maximum Gasteiger partial charge on any atom is 0.225 e. The van der Waals surface area contributed by atoms with E-state index in [-0.39, 0.29) is 5.60 Å². The van der Waals surface area contributed by atoms with Crippen LogP contribution in [0.1, 0.15) is 25.3 Å². The largest absolute Gasteiger partial charge is 0.371 e. The highest BCUT2D eigenvalue weighted by molar-refractivity contribution is 5.31. The molecule has 2 atom stereocenters. The fourth-order valence-corrected chi connectivity index (χ4v) is 3.50. The van der Waals surface area contributed by atoms with Crippen molar-refractivity contribution < 1.29 is 4.74 Å². The Balaban J connectivity index is 1.51. The van der Waals surface area contributed by atoms with Gasteiger partial charge < -0.3 is 14.2 Å². The van der Waals surface area contributed by atoms with E-state index in [0.717, 1.165) is 44.9 Å². The van der Waals surface area contributed by atoms with Gasteiger partial charge in [0.2, 0.25) is 5.95 Å². The van der Waals surface area contributed by atoms with Crippen molar-refractivity contribution in [3.8, 4) is 0 Å². The van der Waals surface area contributed by atoms with Crippen LogP contribution in [-0.4, -0.2) is 44.8 Å². The standard InChI is InChI=1S/C15H19N5O/c1-3-15(9-13(10-21-15)20-8-6-16-12-20)11-19(7-1)14-17-4-2-5-18-14/h2,4-6,8,12-13H,1,3,7,9-11H2/t13-,15-/m0/s1. The molecule has 6 heteroatoms. The molecule has 2 saturated heterocycles. The van der Waals surface area contributed by atoms with Crippen LogP contribution in [-0.2, 0) is 4.74 Å². The van der Waals surface area contributed by atoms with E-state index in [1.807, 2.05) is 24.8 Å². The van der Waals surface area contributed by atoms with Gasteiger partial charge in [0.25, 0.3) is 0 Å². The molecule has 21 heavy (non-hydrogen) atoms. The fourth-order valence-electron chi connectivity index (χ4n) is 3.50. The summed E-state index contributed by atoms with van der Waals surface area (Å²) in [4.78, 5) is 15.1. The molecule has 1 spiro atoms. The molecule has 2 aromatic heterocycles. The average Bonchev–Trinajstić information content (AvgIpc) is 3.19. The van der Waals surface area contributed by atoms with Crippen molar-refractivity contribution in [2.45, 2.75) is 30.9 Å². The molecule has 0 saturated carbocycles. The zero-order valence-corrected chi connectivity index (χ0v) is 11.9. The monoisotopic (exact) mass is 285 g/mol. The summed E-state index contributed by atoms with van der Waals surface area (Å²) in [6.07, 6.45) is 12.6. The predicted octanol–water partition coefficient (Wildman–Crippen LogP) is 1.67. The van der Waals surface area contributed by atoms with Crippen LogP contribution in [0.2, 0.25) is 0 Å². The summed E-state index contributed by atoms with van der Waals surface area (Å²) in [5, 5.41) is 0. The minimum absolute atomic E-state index is 0.0631. The maximum atomic E-state index is 6.22. The third-order valence-corrected chi connectivity index (χ3v) is 4.51. The molecule has 0 aromatic carbocycles. The molecule has 6 nitrogen and oxygen atoms in total. The molecule has 2 aliphatic rings. The van der Waals surface area contributed by atoms with Gasteiger partial charge >= 0.3 is 0 Å². The molecule has 2 aliphatic heterocycles. The SMILES string of the molecule is c1cnc(N2CCC[C@]3(C[C@H](n4ccnc4)CO3)C2)nc1. The molecule has 0 unspecified atom stereocenters. The summed E-state index contributed by atoms with van der Waals surface area (Å²) in [6.45, 7) is 2.65. The highest BCUT2D eigenvalue weighted by Gasteiger charge is 2.44. The number of hydrogen-bond donors (Lipinski definition) is 0. The molecule has 0 aliphatic carbocycles. The van der Waals surface area contributed by atoms with Crippen molar-refractivity contribution in [3.63, 3.8) is 0 Å². The Bertz CT molecular complexity index is 587. The molecule has 4 heterocycles. The van der Waals surface area contributed by atoms with E-state index in [2.05, 4.69) is 24.4 Å². The second-order valence-electron chi connectivity index (χ2n) is 5.94. The van der Waals surface area contributed by atoms with Crippen molar-refractivity contribution in [2.75, 3.05) is 24.6 Å². The van der Waals surface area contributed by atoms with Gasteiger partial charge in [0.05, 0.1) is 24.6 Å². The number of imidazole rings is 1. The van der Waals surface area contributed by atoms with Crippen LogP contribution in [0.4, 0.5) is 5.95 Å². The Morgan fingerprint density at radius 3 is 2.95 bits per heavy atom. The number of nitrogens with zero attached hydrogens (tertiary/aromatic N) is 5. The molecule has 0 N–H and O–H groups in total. The Morgan fingerprint density at radius 1 is 1.24 bits per heavy atom. The highest BCUT2D eigenvalue weighted by Crippen LogP contribution is 2.39. The van der Waals surface area contributed by atoms with Gasteiger partial charge in [-0.25, -0.2) is 15.0 Å². The van der Waals surface area contributed by atoms with Crippen LogP contribution in [0, 0.1) is 0 Å². The van der Waals surface area contributed by atoms with Crippen molar-refractivity contribution >= 4 is 5.95 Å². The van der Waals surface area contributed by atoms with Gasteiger partial charge in [-0.1, -0.05) is 0 Å². The van der Waals surface area contributed by atoms with Gasteiger partial charge in [-0.05, 0) is 18.9 Å². The molecule has 0 amide bonds. The zero-order valence-electron chi connectivity index (χ0n) is 11.9. The summed E-state index contributed by atoms with van der Waals surface area (Å²) in [6, 6.07) is 2.24. The molecule has 2 aromatic rings. The van der Waals surface area contributed by atoms with E-state index < -0.39 is 0 Å². The lowest BCUT2D eigenvalue weighted by Crippen LogP contribution is -2.48. The number of anilines is 1. The second-order valence-corrected chi connectivity index (χ2v) is 5.94. The Labute approximate surface area is 123 Å². The number of piperidine rings is 1. The Kier molecular flexibility index (Phi) is 3.11. The molecule has 110 valence electrons. The van der Waals surface area contributed by atoms with Gasteiger partial charge in [-0.15, -0.1) is 0 Å². The van der Waals surface area contributed by atoms with E-state index in [9.17, 15) is 0 Å². The van der Waals surface area contributed by atoms with Crippen LogP contribution in [0.15, 0.2) is 37.2 Å². The van der Waals surface area contributed by atoms with Crippen LogP contribution >= 0.6 is 0 Å². The van der Waals surface area contributed by atoms with Gasteiger partial charge in [-0.3, -0.25) is 0 Å². The number of ether oxygens (including phenoxy) is 1. The maximum absolute atomic E-state index is 6.22. The van der Waals surface area contributed by atoms with Crippen LogP contribution in [0.25, 0.3) is 0 Å². The second kappa shape index (κ2) is 5.11. The zero-order chi connectivity index (χ0) is 14.1. The van der Waals surface area contributed by atoms with Gasteiger partial charge in [0, 0.05) is 44.3 Å². The van der Waals surface area contributed by atoms with Gasteiger partial charge in [0.1, 0.15) is 0 Å². The fraction of sp³-hybridized carbons (Fsp3) is 0.533. The molecule has 0 radical (unpaired) electrons. The molecule has 2 fully saturated rings. The predicted molar refractivity (Wildman–Crippen MR) is 78.0 cm³/mol. The van der Waals surface area contributed by atoms with E-state index >= 15 is 0 Å². The van der Waals surface area contributed by atoms with E-state index in [0.29, 0.717) is 6.04 Å². The van der Waals surface area contributed by atoms with Crippen LogP contribution in [0.5, 0.6) is 0 Å². The first-order valence-electron chi connectivity index (χ1n) is 7.48. The first-order chi connectivity index (χ1) is 10.3. The van der Waals surface area contributed by atoms with Crippen LogP contribution in [0.3, 0.4) is 0 Å². The van der Waals surface area contributed by atoms with Gasteiger partial charge in [-0.2, -0.15) is 0 Å². The Hall–Kier alpha value is -1.95. The minimum Gasteiger partial charge on any atom is -0.371 e. The lowest BCUT2D eigenvalue weighted by atomic mass is 9.89. The summed E-state index contributed by atoms with van der Waals surface area (Å²) in [7, 11) is 0. The number of hydrogen-bond acceptors (Lipinski definition) is 5. The summed E-state index contributed by atoms with van der Waals surface area (Å²) < 4.78 is 8.38. The lowest BCUT2D eigenvalue weighted by Gasteiger charge is -2.39. The summed E-state index contributed by atoms with van der Waals surface area (Å²) in [5.41, 5.74) is -0.0631. The first-order valence-corrected chi connectivity index (χ1v) is 7.48. The molecule has 0 bridgehead atoms. The van der Waals surface area contributed by atoms with Crippen molar-refractivity contribution in [1.82, 2.24) is 19.5 Å². The van der Waals surface area contributed by atoms with E-state index in [4.69, 9.17) is 4.74 Å². The number of aromatic nitrogens is 4. The highest BCUT2D eigenvalue weighted by atomic mass is 16.5. The number of rotatable bonds is 2. The molecule has 4 rings (SSSR count). The molecular weight excluding hydrogens is 266 g/mol. The van der Waals surface area contributed by atoms with Crippen molar-refractivity contribution in [2.24, 2.45) is 0 Å².